The number of benzene rings is 1. The molecule has 3 heterocycles. The van der Waals surface area contributed by atoms with Gasteiger partial charge in [0.25, 0.3) is 5.91 Å². The second-order valence-electron chi connectivity index (χ2n) is 7.17. The summed E-state index contributed by atoms with van der Waals surface area (Å²) in [6.07, 6.45) is 0. The molecule has 0 spiro atoms. The third kappa shape index (κ3) is 5.20. The zero-order chi connectivity index (χ0) is 20.2. The van der Waals surface area contributed by atoms with Gasteiger partial charge in [0.2, 0.25) is 0 Å². The van der Waals surface area contributed by atoms with Gasteiger partial charge in [0, 0.05) is 48.2 Å². The van der Waals surface area contributed by atoms with E-state index in [1.807, 2.05) is 41.5 Å². The van der Waals surface area contributed by atoms with E-state index in [1.54, 1.807) is 11.3 Å². The maximum atomic E-state index is 12.9. The van der Waals surface area contributed by atoms with Crippen LogP contribution in [0.1, 0.15) is 25.7 Å². The number of amides is 1. The van der Waals surface area contributed by atoms with Crippen molar-refractivity contribution in [1.82, 2.24) is 9.80 Å². The summed E-state index contributed by atoms with van der Waals surface area (Å²) in [5.41, 5.74) is 2.02. The van der Waals surface area contributed by atoms with Crippen molar-refractivity contribution in [3.05, 3.63) is 73.1 Å². The van der Waals surface area contributed by atoms with E-state index >= 15 is 0 Å². The van der Waals surface area contributed by atoms with Crippen LogP contribution in [0.25, 0.3) is 0 Å². The molecule has 0 N–H and O–H groups in total. The van der Waals surface area contributed by atoms with Gasteiger partial charge in [-0.3, -0.25) is 9.69 Å². The number of thiophene rings is 2. The first-order valence-electron chi connectivity index (χ1n) is 9.59. The Morgan fingerprint density at radius 1 is 1.14 bits per heavy atom. The van der Waals surface area contributed by atoms with E-state index in [0.717, 1.165) is 54.5 Å². The highest BCUT2D eigenvalue weighted by Gasteiger charge is 2.23. The van der Waals surface area contributed by atoms with E-state index in [4.69, 9.17) is 16.3 Å². The fourth-order valence-corrected chi connectivity index (χ4v) is 5.22. The monoisotopic (exact) mass is 446 g/mol. The van der Waals surface area contributed by atoms with E-state index in [9.17, 15) is 4.79 Å². The number of carbonyl (C=O) groups is 1. The van der Waals surface area contributed by atoms with Crippen LogP contribution in [-0.4, -0.2) is 41.9 Å². The Bertz CT molecular complexity index is 963. The number of halogens is 1. The highest BCUT2D eigenvalue weighted by molar-refractivity contribution is 7.12. The van der Waals surface area contributed by atoms with Crippen molar-refractivity contribution < 1.29 is 9.53 Å². The molecule has 4 rings (SSSR count). The lowest BCUT2D eigenvalue weighted by Gasteiger charge is -2.34. The Morgan fingerprint density at radius 3 is 2.69 bits per heavy atom. The highest BCUT2D eigenvalue weighted by atomic mass is 35.5. The molecule has 4 nitrogen and oxygen atoms in total. The molecule has 29 heavy (non-hydrogen) atoms. The topological polar surface area (TPSA) is 32.8 Å². The zero-order valence-electron chi connectivity index (χ0n) is 16.3. The van der Waals surface area contributed by atoms with Crippen molar-refractivity contribution in [3.63, 3.8) is 0 Å². The van der Waals surface area contributed by atoms with E-state index in [0.29, 0.717) is 11.6 Å². The van der Waals surface area contributed by atoms with Crippen LogP contribution in [0.5, 0.6) is 5.75 Å². The molecule has 152 valence electrons. The summed E-state index contributed by atoms with van der Waals surface area (Å²) in [6, 6.07) is 11.8. The van der Waals surface area contributed by atoms with Gasteiger partial charge >= 0.3 is 0 Å². The van der Waals surface area contributed by atoms with Crippen LogP contribution < -0.4 is 4.74 Å². The molecule has 2 aromatic heterocycles. The highest BCUT2D eigenvalue weighted by Crippen LogP contribution is 2.24. The Balaban J connectivity index is 1.29. The molecule has 0 unspecified atom stereocenters. The van der Waals surface area contributed by atoms with Crippen LogP contribution in [-0.2, 0) is 13.2 Å². The van der Waals surface area contributed by atoms with Gasteiger partial charge in [-0.15, -0.1) is 22.7 Å². The van der Waals surface area contributed by atoms with E-state index in [-0.39, 0.29) is 5.91 Å². The first kappa shape index (κ1) is 20.4. The Labute approximate surface area is 184 Å². The summed E-state index contributed by atoms with van der Waals surface area (Å²) in [6.45, 7) is 6.78. The van der Waals surface area contributed by atoms with E-state index in [1.165, 1.54) is 16.2 Å². The number of carbonyl (C=O) groups excluding carboxylic acids is 1. The Morgan fingerprint density at radius 2 is 1.97 bits per heavy atom. The average Bonchev–Trinajstić information content (AvgIpc) is 3.39. The molecule has 1 aromatic carbocycles. The summed E-state index contributed by atoms with van der Waals surface area (Å²) in [4.78, 5) is 19.4. The Hall–Kier alpha value is -1.86. The molecule has 0 atom stereocenters. The molecule has 0 aliphatic carbocycles. The van der Waals surface area contributed by atoms with E-state index in [2.05, 4.69) is 22.4 Å². The van der Waals surface area contributed by atoms with Gasteiger partial charge in [-0.1, -0.05) is 17.7 Å². The number of aryl methyl sites for hydroxylation is 1. The van der Waals surface area contributed by atoms with Crippen LogP contribution in [0.3, 0.4) is 0 Å². The fourth-order valence-electron chi connectivity index (χ4n) is 3.39. The molecule has 0 bridgehead atoms. The number of nitrogens with zero attached hydrogens (tertiary/aromatic N) is 2. The molecular weight excluding hydrogens is 424 g/mol. The van der Waals surface area contributed by atoms with Gasteiger partial charge < -0.3 is 9.64 Å². The van der Waals surface area contributed by atoms with Crippen molar-refractivity contribution in [3.8, 4) is 5.75 Å². The predicted octanol–water partition coefficient (Wildman–Crippen LogP) is 5.31. The molecule has 0 saturated carbocycles. The third-order valence-corrected chi connectivity index (χ3v) is 7.08. The molecule has 0 radical (unpaired) electrons. The number of hydrogen-bond acceptors (Lipinski definition) is 5. The van der Waals surface area contributed by atoms with Crippen LogP contribution in [0.15, 0.2) is 47.2 Å². The minimum atomic E-state index is 0.125. The first-order valence-corrected chi connectivity index (χ1v) is 11.7. The van der Waals surface area contributed by atoms with Crippen LogP contribution >= 0.6 is 34.3 Å². The van der Waals surface area contributed by atoms with Gasteiger partial charge in [0.1, 0.15) is 12.4 Å². The minimum absolute atomic E-state index is 0.125. The maximum absolute atomic E-state index is 12.9. The minimum Gasteiger partial charge on any atom is -0.489 e. The standard InChI is InChI=1S/C22H23ClN2O2S2/c1-16-11-18(23)4-5-20(16)27-14-17-12-21(29-15-17)22(26)25-8-6-24(7-9-25)13-19-3-2-10-28-19/h2-5,10-12,15H,6-9,13-14H2,1H3. The number of rotatable bonds is 6. The van der Waals surface area contributed by atoms with Crippen molar-refractivity contribution in [1.29, 1.82) is 0 Å². The second kappa shape index (κ2) is 9.30. The van der Waals surface area contributed by atoms with Gasteiger partial charge in [-0.2, -0.15) is 0 Å². The van der Waals surface area contributed by atoms with Crippen molar-refractivity contribution in [2.75, 3.05) is 26.2 Å². The second-order valence-corrected chi connectivity index (χ2v) is 9.55. The number of piperazine rings is 1. The van der Waals surface area contributed by atoms with Gasteiger partial charge in [-0.25, -0.2) is 0 Å². The smallest absolute Gasteiger partial charge is 0.264 e. The van der Waals surface area contributed by atoms with Crippen LogP contribution in [0.4, 0.5) is 0 Å². The molecule has 1 saturated heterocycles. The summed E-state index contributed by atoms with van der Waals surface area (Å²) in [5, 5.41) is 4.82. The summed E-state index contributed by atoms with van der Waals surface area (Å²) >= 11 is 9.27. The lowest BCUT2D eigenvalue weighted by atomic mass is 10.2. The molecule has 1 amide bonds. The fraction of sp³-hybridized carbons (Fsp3) is 0.318. The molecular formula is C22H23ClN2O2S2. The lowest BCUT2D eigenvalue weighted by molar-refractivity contribution is 0.0634. The third-order valence-electron chi connectivity index (χ3n) is 5.01. The van der Waals surface area contributed by atoms with Crippen LogP contribution in [0, 0.1) is 6.92 Å². The Kier molecular flexibility index (Phi) is 6.55. The molecule has 7 heteroatoms. The van der Waals surface area contributed by atoms with Crippen molar-refractivity contribution >= 4 is 40.2 Å². The van der Waals surface area contributed by atoms with Gasteiger partial charge in [0.15, 0.2) is 0 Å². The predicted molar refractivity (Wildman–Crippen MR) is 120 cm³/mol. The molecule has 1 aliphatic heterocycles. The zero-order valence-corrected chi connectivity index (χ0v) is 18.7. The summed E-state index contributed by atoms with van der Waals surface area (Å²) in [7, 11) is 0. The maximum Gasteiger partial charge on any atom is 0.264 e. The number of hydrogen-bond donors (Lipinski definition) is 0. The summed E-state index contributed by atoms with van der Waals surface area (Å²) < 4.78 is 5.90. The molecule has 3 aromatic rings. The normalized spacial score (nSPS) is 14.9. The lowest BCUT2D eigenvalue weighted by Crippen LogP contribution is -2.48. The van der Waals surface area contributed by atoms with Crippen LogP contribution in [0.2, 0.25) is 5.02 Å². The van der Waals surface area contributed by atoms with E-state index < -0.39 is 0 Å². The van der Waals surface area contributed by atoms with Gasteiger partial charge in [-0.05, 0) is 53.6 Å². The largest absolute Gasteiger partial charge is 0.489 e. The average molecular weight is 447 g/mol. The quantitative estimate of drug-likeness (QED) is 0.514. The number of ether oxygens (including phenoxy) is 1. The van der Waals surface area contributed by atoms with Gasteiger partial charge in [0.05, 0.1) is 4.88 Å². The molecule has 1 fully saturated rings. The van der Waals surface area contributed by atoms with Crippen molar-refractivity contribution in [2.24, 2.45) is 0 Å². The SMILES string of the molecule is Cc1cc(Cl)ccc1OCc1csc(C(=O)N2CCN(Cc3cccs3)CC2)c1. The van der Waals surface area contributed by atoms with Crippen molar-refractivity contribution in [2.45, 2.75) is 20.1 Å². The summed E-state index contributed by atoms with van der Waals surface area (Å²) in [5.74, 6) is 0.940. The molecule has 1 aliphatic rings. The first-order chi connectivity index (χ1) is 14.1.